The van der Waals surface area contributed by atoms with Crippen LogP contribution in [0.25, 0.3) is 0 Å². The highest BCUT2D eigenvalue weighted by Crippen LogP contribution is 2.38. The van der Waals surface area contributed by atoms with Gasteiger partial charge in [-0.25, -0.2) is 14.8 Å². The summed E-state index contributed by atoms with van der Waals surface area (Å²) in [6.45, 7) is 13.6. The fourth-order valence-corrected chi connectivity index (χ4v) is 4.08. The van der Waals surface area contributed by atoms with E-state index in [1.54, 1.807) is 13.8 Å². The van der Waals surface area contributed by atoms with Crippen molar-refractivity contribution >= 4 is 40.8 Å². The lowest BCUT2D eigenvalue weighted by molar-refractivity contribution is -0.138. The molecule has 3 N–H and O–H groups in total. The molecule has 0 fully saturated rings. The SMILES string of the molecule is CC(C)CN(CC(C)C)c1ccc(SC(C)(C)C(=O)O)cc1NC(=O)Nc1cncnc1. The van der Waals surface area contributed by atoms with E-state index in [1.807, 2.05) is 18.2 Å². The molecule has 9 heteroatoms. The predicted molar refractivity (Wildman–Crippen MR) is 131 cm³/mol. The van der Waals surface area contributed by atoms with Crippen LogP contribution in [-0.2, 0) is 4.79 Å². The van der Waals surface area contributed by atoms with Gasteiger partial charge in [-0.15, -0.1) is 11.8 Å². The van der Waals surface area contributed by atoms with Gasteiger partial charge in [0.1, 0.15) is 11.1 Å². The van der Waals surface area contributed by atoms with Crippen molar-refractivity contribution in [2.45, 2.75) is 51.2 Å². The van der Waals surface area contributed by atoms with E-state index >= 15 is 0 Å². The van der Waals surface area contributed by atoms with Crippen LogP contribution in [-0.4, -0.2) is 44.9 Å². The molecular weight excluding hydrogens is 426 g/mol. The Balaban J connectivity index is 2.39. The first kappa shape index (κ1) is 25.5. The minimum absolute atomic E-state index is 0.422. The highest BCUT2D eigenvalue weighted by molar-refractivity contribution is 8.01. The van der Waals surface area contributed by atoms with E-state index in [4.69, 9.17) is 0 Å². The average Bonchev–Trinajstić information content (AvgIpc) is 2.67. The van der Waals surface area contributed by atoms with Crippen molar-refractivity contribution in [2.24, 2.45) is 11.8 Å². The fraction of sp³-hybridized carbons (Fsp3) is 0.478. The lowest BCUT2D eigenvalue weighted by Crippen LogP contribution is -2.32. The molecule has 0 saturated carbocycles. The number of rotatable bonds is 10. The number of aromatic nitrogens is 2. The average molecular weight is 460 g/mol. The minimum Gasteiger partial charge on any atom is -0.480 e. The monoisotopic (exact) mass is 459 g/mol. The van der Waals surface area contributed by atoms with E-state index in [0.717, 1.165) is 23.7 Å². The molecule has 32 heavy (non-hydrogen) atoms. The number of hydrogen-bond acceptors (Lipinski definition) is 6. The van der Waals surface area contributed by atoms with Crippen LogP contribution in [0.3, 0.4) is 0 Å². The van der Waals surface area contributed by atoms with Gasteiger partial charge in [-0.3, -0.25) is 4.79 Å². The number of amides is 2. The van der Waals surface area contributed by atoms with Gasteiger partial charge in [0.05, 0.1) is 29.5 Å². The van der Waals surface area contributed by atoms with Crippen molar-refractivity contribution in [1.82, 2.24) is 9.97 Å². The molecule has 2 amide bonds. The Morgan fingerprint density at radius 3 is 2.19 bits per heavy atom. The van der Waals surface area contributed by atoms with Gasteiger partial charge in [-0.1, -0.05) is 27.7 Å². The number of thioether (sulfide) groups is 1. The fourth-order valence-electron chi connectivity index (χ4n) is 3.09. The summed E-state index contributed by atoms with van der Waals surface area (Å²) in [6, 6.07) is 5.27. The van der Waals surface area contributed by atoms with Crippen LogP contribution >= 0.6 is 11.8 Å². The molecule has 2 aromatic rings. The van der Waals surface area contributed by atoms with Crippen LogP contribution in [0.2, 0.25) is 0 Å². The van der Waals surface area contributed by atoms with Gasteiger partial charge >= 0.3 is 12.0 Å². The number of carboxylic acids is 1. The number of urea groups is 1. The van der Waals surface area contributed by atoms with E-state index in [1.165, 1.54) is 30.5 Å². The van der Waals surface area contributed by atoms with E-state index in [-0.39, 0.29) is 0 Å². The van der Waals surface area contributed by atoms with Gasteiger partial charge < -0.3 is 20.6 Å². The van der Waals surface area contributed by atoms with Crippen LogP contribution in [0.4, 0.5) is 21.9 Å². The Kier molecular flexibility index (Phi) is 8.89. The molecule has 0 unspecified atom stereocenters. The third-order valence-electron chi connectivity index (χ3n) is 4.43. The number of benzene rings is 1. The zero-order valence-corrected chi connectivity index (χ0v) is 20.4. The molecule has 0 radical (unpaired) electrons. The zero-order chi connectivity index (χ0) is 23.9. The molecule has 174 valence electrons. The second-order valence-corrected chi connectivity index (χ2v) is 10.7. The number of hydrogen-bond donors (Lipinski definition) is 3. The highest BCUT2D eigenvalue weighted by atomic mass is 32.2. The molecule has 1 aromatic carbocycles. The third-order valence-corrected chi connectivity index (χ3v) is 5.61. The molecule has 0 spiro atoms. The van der Waals surface area contributed by atoms with Crippen molar-refractivity contribution in [1.29, 1.82) is 0 Å². The maximum Gasteiger partial charge on any atom is 0.323 e. The quantitative estimate of drug-likeness (QED) is 0.419. The summed E-state index contributed by atoms with van der Waals surface area (Å²) in [5.41, 5.74) is 1.99. The Morgan fingerprint density at radius 2 is 1.66 bits per heavy atom. The number of anilines is 3. The summed E-state index contributed by atoms with van der Waals surface area (Å²) < 4.78 is -1.00. The smallest absolute Gasteiger partial charge is 0.323 e. The lowest BCUT2D eigenvalue weighted by Gasteiger charge is -2.31. The van der Waals surface area contributed by atoms with Crippen molar-refractivity contribution in [2.75, 3.05) is 28.6 Å². The van der Waals surface area contributed by atoms with Gasteiger partial charge in [0.2, 0.25) is 0 Å². The van der Waals surface area contributed by atoms with Crippen molar-refractivity contribution in [3.05, 3.63) is 36.9 Å². The molecule has 0 aliphatic rings. The first-order valence-electron chi connectivity index (χ1n) is 10.6. The minimum atomic E-state index is -1.00. The van der Waals surface area contributed by atoms with E-state index in [9.17, 15) is 14.7 Å². The number of carboxylic acid groups (broad SMARTS) is 1. The van der Waals surface area contributed by atoms with E-state index in [2.05, 4.69) is 53.2 Å². The number of carbonyl (C=O) groups is 2. The van der Waals surface area contributed by atoms with Crippen LogP contribution in [0, 0.1) is 11.8 Å². The van der Waals surface area contributed by atoms with Gasteiger partial charge in [-0.05, 0) is 43.9 Å². The molecule has 8 nitrogen and oxygen atoms in total. The van der Waals surface area contributed by atoms with Crippen LogP contribution in [0.15, 0.2) is 41.8 Å². The third kappa shape index (κ3) is 7.71. The molecule has 0 bridgehead atoms. The van der Waals surface area contributed by atoms with Crippen LogP contribution < -0.4 is 15.5 Å². The molecule has 0 aliphatic carbocycles. The second kappa shape index (κ2) is 11.2. The molecule has 0 saturated heterocycles. The Morgan fingerprint density at radius 1 is 1.06 bits per heavy atom. The maximum atomic E-state index is 12.7. The van der Waals surface area contributed by atoms with Gasteiger partial charge in [0.15, 0.2) is 0 Å². The largest absolute Gasteiger partial charge is 0.480 e. The zero-order valence-electron chi connectivity index (χ0n) is 19.5. The summed E-state index contributed by atoms with van der Waals surface area (Å²) in [7, 11) is 0. The van der Waals surface area contributed by atoms with Crippen LogP contribution in [0.5, 0.6) is 0 Å². The standard InChI is InChI=1S/C23H33N5O3S/c1-15(2)12-28(13-16(3)4)20-8-7-18(32-23(5,6)21(29)30)9-19(20)27-22(31)26-17-10-24-14-25-11-17/h7-11,14-16H,12-13H2,1-6H3,(H,29,30)(H2,26,27,31). The van der Waals surface area contributed by atoms with Crippen molar-refractivity contribution in [3.63, 3.8) is 0 Å². The molecule has 1 heterocycles. The first-order valence-corrected chi connectivity index (χ1v) is 11.4. The Bertz CT molecular complexity index is 909. The number of aliphatic carboxylic acids is 1. The topological polar surface area (TPSA) is 107 Å². The van der Waals surface area contributed by atoms with Crippen molar-refractivity contribution < 1.29 is 14.7 Å². The van der Waals surface area contributed by atoms with Gasteiger partial charge in [-0.2, -0.15) is 0 Å². The normalized spacial score (nSPS) is 11.5. The Labute approximate surface area is 194 Å². The summed E-state index contributed by atoms with van der Waals surface area (Å²) in [5.74, 6) is -0.0436. The molecule has 0 atom stereocenters. The number of carbonyl (C=O) groups excluding carboxylic acids is 1. The van der Waals surface area contributed by atoms with Gasteiger partial charge in [0.25, 0.3) is 0 Å². The highest BCUT2D eigenvalue weighted by Gasteiger charge is 2.29. The summed E-state index contributed by atoms with van der Waals surface area (Å²) >= 11 is 1.24. The molecule has 0 aliphatic heterocycles. The van der Waals surface area contributed by atoms with Gasteiger partial charge in [0, 0.05) is 18.0 Å². The molecule has 1 aromatic heterocycles. The van der Waals surface area contributed by atoms with Crippen LogP contribution in [0.1, 0.15) is 41.5 Å². The lowest BCUT2D eigenvalue weighted by atomic mass is 10.1. The second-order valence-electron chi connectivity index (χ2n) is 9.00. The van der Waals surface area contributed by atoms with E-state index in [0.29, 0.717) is 23.2 Å². The molecule has 2 rings (SSSR count). The summed E-state index contributed by atoms with van der Waals surface area (Å²) in [4.78, 5) is 35.1. The summed E-state index contributed by atoms with van der Waals surface area (Å²) in [5, 5.41) is 15.2. The maximum absolute atomic E-state index is 12.7. The van der Waals surface area contributed by atoms with E-state index < -0.39 is 16.7 Å². The number of nitrogens with one attached hydrogen (secondary N) is 2. The Hall–Kier alpha value is -2.81. The first-order chi connectivity index (χ1) is 15.0. The molecular formula is C23H33N5O3S. The summed E-state index contributed by atoms with van der Waals surface area (Å²) in [6.07, 6.45) is 4.42. The number of nitrogens with zero attached hydrogens (tertiary/aromatic N) is 3. The van der Waals surface area contributed by atoms with Crippen molar-refractivity contribution in [3.8, 4) is 0 Å². The predicted octanol–water partition coefficient (Wildman–Crippen LogP) is 5.19.